The number of carbonyl (C=O) groups excluding carboxylic acids is 1. The first kappa shape index (κ1) is 19.7. The number of hydrogen-bond donors (Lipinski definition) is 2. The van der Waals surface area contributed by atoms with Gasteiger partial charge < -0.3 is 15.4 Å². The fourth-order valence-corrected chi connectivity index (χ4v) is 2.65. The van der Waals surface area contributed by atoms with Gasteiger partial charge in [-0.15, -0.1) is 12.3 Å². The average molecular weight is 417 g/mol. The molecule has 0 saturated carbocycles. The number of carbonyl (C=O) groups is 1. The van der Waals surface area contributed by atoms with Crippen LogP contribution in [0.4, 0.5) is 17.3 Å². The number of ether oxygens (including phenoxy) is 1. The van der Waals surface area contributed by atoms with Crippen molar-refractivity contribution in [2.24, 2.45) is 0 Å². The van der Waals surface area contributed by atoms with Crippen LogP contribution in [0.1, 0.15) is 35.8 Å². The number of aromatic nitrogens is 2. The maximum Gasteiger partial charge on any atom is 0.337 e. The van der Waals surface area contributed by atoms with Crippen LogP contribution >= 0.6 is 15.9 Å². The molecule has 0 radical (unpaired) electrons. The van der Waals surface area contributed by atoms with E-state index >= 15 is 0 Å². The zero-order chi connectivity index (χ0) is 18.9. The Balaban J connectivity index is 2.29. The van der Waals surface area contributed by atoms with Crippen LogP contribution in [0.2, 0.25) is 0 Å². The summed E-state index contributed by atoms with van der Waals surface area (Å²) >= 11 is 3.43. The van der Waals surface area contributed by atoms with E-state index < -0.39 is 5.97 Å². The number of hydrogen-bond acceptors (Lipinski definition) is 6. The highest BCUT2D eigenvalue weighted by molar-refractivity contribution is 9.10. The molecule has 6 nitrogen and oxygen atoms in total. The van der Waals surface area contributed by atoms with Crippen LogP contribution in [0.3, 0.4) is 0 Å². The summed E-state index contributed by atoms with van der Waals surface area (Å²) in [5.41, 5.74) is 2.79. The maximum absolute atomic E-state index is 11.9. The lowest BCUT2D eigenvalue weighted by Crippen LogP contribution is -2.07. The molecular weight excluding hydrogens is 396 g/mol. The van der Waals surface area contributed by atoms with Gasteiger partial charge in [0, 0.05) is 37.0 Å². The second kappa shape index (κ2) is 9.78. The minimum atomic E-state index is -0.403. The van der Waals surface area contributed by atoms with E-state index in [1.54, 1.807) is 18.3 Å². The van der Waals surface area contributed by atoms with Crippen LogP contribution < -0.4 is 10.6 Å². The molecule has 0 bridgehead atoms. The monoisotopic (exact) mass is 416 g/mol. The first-order valence-electron chi connectivity index (χ1n) is 8.26. The number of rotatable bonds is 8. The topological polar surface area (TPSA) is 76.1 Å². The van der Waals surface area contributed by atoms with Crippen molar-refractivity contribution >= 4 is 39.2 Å². The Hall–Kier alpha value is -2.59. The zero-order valence-electron chi connectivity index (χ0n) is 14.8. The van der Waals surface area contributed by atoms with Gasteiger partial charge in [0.25, 0.3) is 0 Å². The Morgan fingerprint density at radius 3 is 2.81 bits per heavy atom. The van der Waals surface area contributed by atoms with Gasteiger partial charge in [-0.25, -0.2) is 14.8 Å². The molecule has 0 atom stereocenters. The molecule has 7 heteroatoms. The Labute approximate surface area is 161 Å². The van der Waals surface area contributed by atoms with Gasteiger partial charge in [0.05, 0.1) is 22.8 Å². The van der Waals surface area contributed by atoms with Gasteiger partial charge in [-0.2, -0.15) is 0 Å². The molecule has 0 aliphatic rings. The van der Waals surface area contributed by atoms with Crippen LogP contribution in [-0.2, 0) is 11.2 Å². The van der Waals surface area contributed by atoms with Gasteiger partial charge >= 0.3 is 5.97 Å². The molecule has 1 heterocycles. The molecule has 0 amide bonds. The molecule has 0 fully saturated rings. The summed E-state index contributed by atoms with van der Waals surface area (Å²) in [7, 11) is 1.36. The molecule has 0 saturated heterocycles. The number of halogens is 1. The van der Waals surface area contributed by atoms with E-state index in [9.17, 15) is 4.79 Å². The predicted molar refractivity (Wildman–Crippen MR) is 107 cm³/mol. The van der Waals surface area contributed by atoms with Gasteiger partial charge in [0.2, 0.25) is 5.95 Å². The largest absolute Gasteiger partial charge is 0.465 e. The molecule has 0 aliphatic carbocycles. The van der Waals surface area contributed by atoms with E-state index in [-0.39, 0.29) is 0 Å². The zero-order valence-corrected chi connectivity index (χ0v) is 16.4. The fraction of sp³-hybridized carbons (Fsp3) is 0.316. The lowest BCUT2D eigenvalue weighted by atomic mass is 10.1. The van der Waals surface area contributed by atoms with Crippen molar-refractivity contribution < 1.29 is 9.53 Å². The Morgan fingerprint density at radius 2 is 2.12 bits per heavy atom. The van der Waals surface area contributed by atoms with Crippen LogP contribution in [0.15, 0.2) is 28.9 Å². The van der Waals surface area contributed by atoms with Crippen molar-refractivity contribution in [2.75, 3.05) is 24.3 Å². The highest BCUT2D eigenvalue weighted by atomic mass is 79.9. The molecule has 0 aliphatic heterocycles. The highest BCUT2D eigenvalue weighted by Crippen LogP contribution is 2.23. The number of benzene rings is 1. The SMILES string of the molecule is C#CCCc1nc(Nc2cc(NCCC)cc(C(=O)OC)c2)ncc1Br. The Kier molecular flexibility index (Phi) is 7.42. The summed E-state index contributed by atoms with van der Waals surface area (Å²) in [6, 6.07) is 5.36. The van der Waals surface area contributed by atoms with Crippen molar-refractivity contribution in [2.45, 2.75) is 26.2 Å². The minimum Gasteiger partial charge on any atom is -0.465 e. The van der Waals surface area contributed by atoms with E-state index in [0.29, 0.717) is 30.0 Å². The van der Waals surface area contributed by atoms with E-state index in [2.05, 4.69) is 49.4 Å². The number of terminal acetylenes is 1. The lowest BCUT2D eigenvalue weighted by Gasteiger charge is -2.12. The van der Waals surface area contributed by atoms with E-state index in [4.69, 9.17) is 11.2 Å². The third-order valence-electron chi connectivity index (χ3n) is 3.51. The van der Waals surface area contributed by atoms with Crippen LogP contribution in [0, 0.1) is 12.3 Å². The number of anilines is 3. The molecule has 26 heavy (non-hydrogen) atoms. The molecule has 136 valence electrons. The summed E-state index contributed by atoms with van der Waals surface area (Å²) in [6.07, 6.45) is 9.23. The first-order valence-corrected chi connectivity index (χ1v) is 9.05. The number of nitrogens with one attached hydrogen (secondary N) is 2. The second-order valence-electron chi connectivity index (χ2n) is 5.53. The summed E-state index contributed by atoms with van der Waals surface area (Å²) in [4.78, 5) is 20.7. The summed E-state index contributed by atoms with van der Waals surface area (Å²) in [5, 5.41) is 6.41. The minimum absolute atomic E-state index is 0.403. The molecule has 2 aromatic rings. The quantitative estimate of drug-likeness (QED) is 0.496. The van der Waals surface area contributed by atoms with Crippen LogP contribution in [0.5, 0.6) is 0 Å². The molecule has 1 aromatic carbocycles. The number of methoxy groups -OCH3 is 1. The van der Waals surface area contributed by atoms with Gasteiger partial charge in [-0.1, -0.05) is 6.92 Å². The third kappa shape index (κ3) is 5.46. The first-order chi connectivity index (χ1) is 12.6. The van der Waals surface area contributed by atoms with Crippen molar-refractivity contribution in [3.8, 4) is 12.3 Å². The van der Waals surface area contributed by atoms with Crippen molar-refractivity contribution in [3.63, 3.8) is 0 Å². The van der Waals surface area contributed by atoms with E-state index in [0.717, 1.165) is 28.8 Å². The highest BCUT2D eigenvalue weighted by Gasteiger charge is 2.11. The number of nitrogens with zero attached hydrogens (tertiary/aromatic N) is 2. The lowest BCUT2D eigenvalue weighted by molar-refractivity contribution is 0.0601. The number of esters is 1. The fourth-order valence-electron chi connectivity index (χ4n) is 2.26. The van der Waals surface area contributed by atoms with Crippen molar-refractivity contribution in [3.05, 3.63) is 40.1 Å². The van der Waals surface area contributed by atoms with Gasteiger partial charge in [0.15, 0.2) is 0 Å². The standard InChI is InChI=1S/C19H21BrN4O2/c1-4-6-7-17-16(20)12-22-19(24-17)23-15-10-13(18(25)26-3)9-14(11-15)21-8-5-2/h1,9-12,21H,5-8H2,2-3H3,(H,22,23,24). The molecule has 1 aromatic heterocycles. The smallest absolute Gasteiger partial charge is 0.337 e. The average Bonchev–Trinajstić information content (AvgIpc) is 2.65. The van der Waals surface area contributed by atoms with Gasteiger partial charge in [0.1, 0.15) is 0 Å². The Bertz CT molecular complexity index is 818. The predicted octanol–water partition coefficient (Wildman–Crippen LogP) is 4.16. The normalized spacial score (nSPS) is 10.1. The van der Waals surface area contributed by atoms with E-state index in [1.807, 2.05) is 6.07 Å². The molecule has 2 N–H and O–H groups in total. The number of aryl methyl sites for hydroxylation is 1. The maximum atomic E-state index is 11.9. The third-order valence-corrected chi connectivity index (χ3v) is 4.17. The Morgan fingerprint density at radius 1 is 1.35 bits per heavy atom. The summed E-state index contributed by atoms with van der Waals surface area (Å²) in [5.74, 6) is 2.64. The molecule has 0 unspecified atom stereocenters. The molecule has 2 rings (SSSR count). The van der Waals surface area contributed by atoms with E-state index in [1.165, 1.54) is 7.11 Å². The molecular formula is C19H21BrN4O2. The second-order valence-corrected chi connectivity index (χ2v) is 6.39. The van der Waals surface area contributed by atoms with Gasteiger partial charge in [-0.3, -0.25) is 0 Å². The molecule has 0 spiro atoms. The van der Waals surface area contributed by atoms with Crippen molar-refractivity contribution in [1.29, 1.82) is 0 Å². The van der Waals surface area contributed by atoms with Gasteiger partial charge in [-0.05, 0) is 40.5 Å². The summed E-state index contributed by atoms with van der Waals surface area (Å²) < 4.78 is 5.64. The van der Waals surface area contributed by atoms with Crippen LogP contribution in [0.25, 0.3) is 0 Å². The summed E-state index contributed by atoms with van der Waals surface area (Å²) in [6.45, 7) is 2.87. The van der Waals surface area contributed by atoms with Crippen LogP contribution in [-0.4, -0.2) is 29.6 Å². The van der Waals surface area contributed by atoms with Crippen molar-refractivity contribution in [1.82, 2.24) is 9.97 Å².